The molecule has 266 valence electrons. The lowest BCUT2D eigenvalue weighted by Crippen LogP contribution is -2.18. The van der Waals surface area contributed by atoms with Crippen molar-refractivity contribution in [3.8, 4) is 23.0 Å². The Kier molecular flexibility index (Phi) is 7.89. The molecule has 5 aromatic rings. The zero-order valence-electron chi connectivity index (χ0n) is 30.6. The molecular formula is C45H45ClN2O4. The maximum absolute atomic E-state index is 7.79. The van der Waals surface area contributed by atoms with Crippen molar-refractivity contribution >= 4 is 45.7 Å². The Morgan fingerprint density at radius 1 is 0.462 bits per heavy atom. The van der Waals surface area contributed by atoms with Gasteiger partial charge in [-0.3, -0.25) is 0 Å². The summed E-state index contributed by atoms with van der Waals surface area (Å²) in [7, 11) is 0. The van der Waals surface area contributed by atoms with Gasteiger partial charge in [0, 0.05) is 23.5 Å². The average Bonchev–Trinajstić information content (AvgIpc) is 3.61. The summed E-state index contributed by atoms with van der Waals surface area (Å²) < 4.78 is 24.0. The Hall–Kier alpha value is -4.81. The number of hydrogen-bond donors (Lipinski definition) is 0. The highest BCUT2D eigenvalue weighted by atomic mass is 35.5. The maximum atomic E-state index is 7.79. The van der Waals surface area contributed by atoms with E-state index in [-0.39, 0.29) is 10.8 Å². The van der Waals surface area contributed by atoms with Gasteiger partial charge < -0.3 is 28.7 Å². The highest BCUT2D eigenvalue weighted by Crippen LogP contribution is 2.51. The minimum Gasteiger partial charge on any atom is -0.486 e. The SMILES string of the molecule is Cc1cc(N(c2ccc3c(c2)CC(C)(C)C3)c2ccc3c(c2)CC(C)(C)C3)c(Cl)c(N(c2ccc3c(c2)OCCO3)c2ccc3c(c2)OCCO3)c1. The number of anilines is 6. The molecule has 0 radical (unpaired) electrons. The Labute approximate surface area is 311 Å². The second-order valence-corrected chi connectivity index (χ2v) is 16.8. The monoisotopic (exact) mass is 712 g/mol. The second-order valence-electron chi connectivity index (χ2n) is 16.4. The molecule has 2 aliphatic carbocycles. The van der Waals surface area contributed by atoms with Crippen LogP contribution in [0, 0.1) is 17.8 Å². The standard InChI is InChI=1S/C45H45ClN2O4/c1-28-18-37(47(33-8-6-29-24-44(2,3)26-31(29)20-33)34-9-7-30-25-45(4,5)27-32(30)21-34)43(46)38(19-28)48(35-10-12-39-41(22-35)51-16-14-49-39)36-11-13-40-42(23-36)52-17-15-50-40/h6-13,18-23H,14-17,24-27H2,1-5H3. The van der Waals surface area contributed by atoms with E-state index in [1.54, 1.807) is 0 Å². The summed E-state index contributed by atoms with van der Waals surface area (Å²) in [6.45, 7) is 13.6. The number of hydrogen-bond acceptors (Lipinski definition) is 6. The molecule has 0 saturated heterocycles. The number of rotatable bonds is 6. The van der Waals surface area contributed by atoms with Crippen LogP contribution < -0.4 is 28.7 Å². The lowest BCUT2D eigenvalue weighted by atomic mass is 9.90. The molecule has 6 nitrogen and oxygen atoms in total. The fourth-order valence-electron chi connectivity index (χ4n) is 8.62. The van der Waals surface area contributed by atoms with Gasteiger partial charge in [-0.2, -0.15) is 0 Å². The van der Waals surface area contributed by atoms with Crippen molar-refractivity contribution in [3.05, 3.63) is 118 Å². The largest absolute Gasteiger partial charge is 0.486 e. The molecule has 0 spiro atoms. The molecule has 0 aromatic heterocycles. The molecule has 5 aromatic carbocycles. The van der Waals surface area contributed by atoms with E-state index in [4.69, 9.17) is 30.5 Å². The lowest BCUT2D eigenvalue weighted by Gasteiger charge is -2.33. The third kappa shape index (κ3) is 6.01. The smallest absolute Gasteiger partial charge is 0.163 e. The van der Waals surface area contributed by atoms with Gasteiger partial charge in [-0.25, -0.2) is 0 Å². The maximum Gasteiger partial charge on any atom is 0.163 e. The van der Waals surface area contributed by atoms with Gasteiger partial charge in [-0.15, -0.1) is 0 Å². The van der Waals surface area contributed by atoms with Crippen LogP contribution in [0.1, 0.15) is 55.5 Å². The lowest BCUT2D eigenvalue weighted by molar-refractivity contribution is 0.171. The molecule has 52 heavy (non-hydrogen) atoms. The summed E-state index contributed by atoms with van der Waals surface area (Å²) >= 11 is 7.79. The zero-order chi connectivity index (χ0) is 35.8. The highest BCUT2D eigenvalue weighted by molar-refractivity contribution is 6.36. The van der Waals surface area contributed by atoms with E-state index in [9.17, 15) is 0 Å². The topological polar surface area (TPSA) is 43.4 Å². The van der Waals surface area contributed by atoms with Crippen LogP contribution in [0.4, 0.5) is 34.1 Å². The van der Waals surface area contributed by atoms with Crippen molar-refractivity contribution in [1.82, 2.24) is 0 Å². The summed E-state index contributed by atoms with van der Waals surface area (Å²) in [5.41, 5.74) is 13.0. The minimum absolute atomic E-state index is 0.243. The van der Waals surface area contributed by atoms with Crippen molar-refractivity contribution < 1.29 is 18.9 Å². The third-order valence-corrected chi connectivity index (χ3v) is 11.2. The minimum atomic E-state index is 0.243. The fourth-order valence-corrected chi connectivity index (χ4v) is 8.90. The summed E-state index contributed by atoms with van der Waals surface area (Å²) in [4.78, 5) is 4.55. The zero-order valence-corrected chi connectivity index (χ0v) is 31.4. The highest BCUT2D eigenvalue weighted by Gasteiger charge is 2.32. The predicted molar refractivity (Wildman–Crippen MR) is 210 cm³/mol. The Balaban J connectivity index is 1.24. The van der Waals surface area contributed by atoms with Gasteiger partial charge in [0.1, 0.15) is 26.4 Å². The Morgan fingerprint density at radius 3 is 1.27 bits per heavy atom. The average molecular weight is 713 g/mol. The van der Waals surface area contributed by atoms with Crippen molar-refractivity contribution in [2.24, 2.45) is 10.8 Å². The van der Waals surface area contributed by atoms with E-state index in [1.165, 1.54) is 22.3 Å². The van der Waals surface area contributed by atoms with E-state index in [1.807, 2.05) is 24.3 Å². The van der Waals surface area contributed by atoms with Gasteiger partial charge in [0.05, 0.1) is 27.8 Å². The molecule has 0 N–H and O–H groups in total. The molecule has 0 atom stereocenters. The molecule has 7 heteroatoms. The first kappa shape index (κ1) is 33.1. The van der Waals surface area contributed by atoms with Crippen LogP contribution in [0.2, 0.25) is 5.02 Å². The van der Waals surface area contributed by atoms with Gasteiger partial charge in [-0.05, 0) is 132 Å². The molecule has 4 aliphatic rings. The molecule has 0 unspecified atom stereocenters. The van der Waals surface area contributed by atoms with Gasteiger partial charge in [0.25, 0.3) is 0 Å². The first-order chi connectivity index (χ1) is 25.0. The molecular weight excluding hydrogens is 668 g/mol. The quantitative estimate of drug-likeness (QED) is 0.175. The third-order valence-electron chi connectivity index (χ3n) is 10.8. The Bertz CT molecular complexity index is 2100. The van der Waals surface area contributed by atoms with E-state index in [0.29, 0.717) is 42.9 Å². The van der Waals surface area contributed by atoms with E-state index in [2.05, 4.69) is 105 Å². The van der Waals surface area contributed by atoms with Crippen molar-refractivity contribution in [3.63, 3.8) is 0 Å². The molecule has 2 heterocycles. The molecule has 0 amide bonds. The number of aryl methyl sites for hydroxylation is 1. The van der Waals surface area contributed by atoms with Crippen LogP contribution in [0.3, 0.4) is 0 Å². The second kappa shape index (κ2) is 12.4. The van der Waals surface area contributed by atoms with Crippen molar-refractivity contribution in [1.29, 1.82) is 0 Å². The van der Waals surface area contributed by atoms with Crippen LogP contribution in [0.25, 0.3) is 0 Å². The number of benzene rings is 5. The van der Waals surface area contributed by atoms with Gasteiger partial charge >= 0.3 is 0 Å². The summed E-state index contributed by atoms with van der Waals surface area (Å²) in [5, 5.41) is 0.636. The fraction of sp³-hybridized carbons (Fsp3) is 0.333. The summed E-state index contributed by atoms with van der Waals surface area (Å²) in [5.74, 6) is 2.89. The van der Waals surface area contributed by atoms with Crippen molar-refractivity contribution in [2.45, 2.75) is 60.3 Å². The molecule has 2 aliphatic heterocycles. The number of halogens is 1. The summed E-state index contributed by atoms with van der Waals surface area (Å²) in [6, 6.07) is 30.5. The van der Waals surface area contributed by atoms with E-state index >= 15 is 0 Å². The van der Waals surface area contributed by atoms with Crippen LogP contribution in [0.15, 0.2) is 84.9 Å². The predicted octanol–water partition coefficient (Wildman–Crippen LogP) is 11.4. The van der Waals surface area contributed by atoms with Gasteiger partial charge in [-0.1, -0.05) is 51.4 Å². The number of ether oxygens (including phenoxy) is 4. The molecule has 0 fully saturated rings. The van der Waals surface area contributed by atoms with E-state index < -0.39 is 0 Å². The number of nitrogens with zero attached hydrogens (tertiary/aromatic N) is 2. The first-order valence-electron chi connectivity index (χ1n) is 18.4. The molecule has 0 bridgehead atoms. The molecule has 0 saturated carbocycles. The molecule has 9 rings (SSSR count). The van der Waals surface area contributed by atoms with Crippen molar-refractivity contribution in [2.75, 3.05) is 36.2 Å². The first-order valence-corrected chi connectivity index (χ1v) is 18.8. The van der Waals surface area contributed by atoms with Crippen LogP contribution >= 0.6 is 11.6 Å². The van der Waals surface area contributed by atoms with Crippen LogP contribution in [-0.4, -0.2) is 26.4 Å². The van der Waals surface area contributed by atoms with Crippen LogP contribution in [-0.2, 0) is 25.7 Å². The van der Waals surface area contributed by atoms with Gasteiger partial charge in [0.2, 0.25) is 0 Å². The van der Waals surface area contributed by atoms with E-state index in [0.717, 1.165) is 76.9 Å². The van der Waals surface area contributed by atoms with Gasteiger partial charge in [0.15, 0.2) is 23.0 Å². The number of fused-ring (bicyclic) bond motifs is 4. The summed E-state index contributed by atoms with van der Waals surface area (Å²) in [6.07, 6.45) is 4.28. The Morgan fingerprint density at radius 2 is 0.827 bits per heavy atom. The van der Waals surface area contributed by atoms with Crippen LogP contribution in [0.5, 0.6) is 23.0 Å². The normalized spacial score (nSPS) is 17.3.